The second-order valence-electron chi connectivity index (χ2n) is 3.60. The highest BCUT2D eigenvalue weighted by molar-refractivity contribution is 7.79. The van der Waals surface area contributed by atoms with Gasteiger partial charge in [-0.1, -0.05) is 23.3 Å². The van der Waals surface area contributed by atoms with Crippen LogP contribution < -0.4 is 0 Å². The molecular weight excluding hydrogens is 254 g/mol. The largest absolute Gasteiger partial charge is 0.456 e. The predicted octanol–water partition coefficient (Wildman–Crippen LogP) is 1.46. The molecule has 18 heavy (non-hydrogen) atoms. The Labute approximate surface area is 109 Å². The van der Waals surface area contributed by atoms with E-state index in [9.17, 15) is 9.59 Å². The van der Waals surface area contributed by atoms with E-state index >= 15 is 0 Å². The van der Waals surface area contributed by atoms with Crippen molar-refractivity contribution in [2.24, 2.45) is 0 Å². The Kier molecular flexibility index (Phi) is 3.57. The van der Waals surface area contributed by atoms with E-state index in [1.807, 2.05) is 0 Å². The minimum atomic E-state index is -0.524. The van der Waals surface area contributed by atoms with Gasteiger partial charge in [0.1, 0.15) is 0 Å². The molecular formula is C12H11NO4S. The normalized spacial score (nSPS) is 14.2. The predicted molar refractivity (Wildman–Crippen MR) is 66.6 cm³/mol. The summed E-state index contributed by atoms with van der Waals surface area (Å²) in [6.45, 7) is 2.04. The van der Waals surface area contributed by atoms with Crippen molar-refractivity contribution in [3.05, 3.63) is 35.4 Å². The number of carbonyl (C=O) groups excluding carboxylic acids is 2. The summed E-state index contributed by atoms with van der Waals surface area (Å²) in [6.07, 6.45) is 0.108. The maximum atomic E-state index is 12.0. The fourth-order valence-electron chi connectivity index (χ4n) is 1.65. The van der Waals surface area contributed by atoms with Crippen LogP contribution in [0, 0.1) is 0 Å². The summed E-state index contributed by atoms with van der Waals surface area (Å²) in [4.78, 5) is 28.8. The number of thiocarbonyl (C=S) groups is 1. The van der Waals surface area contributed by atoms with Crippen molar-refractivity contribution in [3.8, 4) is 0 Å². The van der Waals surface area contributed by atoms with Crippen molar-refractivity contribution in [2.45, 2.75) is 13.3 Å². The second kappa shape index (κ2) is 5.14. The summed E-state index contributed by atoms with van der Waals surface area (Å²) in [5.74, 6) is -0.982. The van der Waals surface area contributed by atoms with Gasteiger partial charge in [0.15, 0.2) is 0 Å². The third-order valence-electron chi connectivity index (χ3n) is 2.43. The van der Waals surface area contributed by atoms with Crippen molar-refractivity contribution in [3.63, 3.8) is 0 Å². The van der Waals surface area contributed by atoms with Gasteiger partial charge in [-0.15, -0.1) is 0 Å². The van der Waals surface area contributed by atoms with Gasteiger partial charge in [0.2, 0.25) is 0 Å². The number of benzene rings is 1. The first kappa shape index (κ1) is 12.5. The van der Waals surface area contributed by atoms with Gasteiger partial charge in [-0.05, 0) is 18.6 Å². The summed E-state index contributed by atoms with van der Waals surface area (Å²) >= 11 is 4.75. The lowest BCUT2D eigenvalue weighted by molar-refractivity contribution is -0.153. The number of hydroxylamine groups is 2. The van der Waals surface area contributed by atoms with E-state index in [0.717, 1.165) is 0 Å². The zero-order valence-corrected chi connectivity index (χ0v) is 10.5. The quantitative estimate of drug-likeness (QED) is 0.598. The number of imide groups is 1. The summed E-state index contributed by atoms with van der Waals surface area (Å²) in [5, 5.41) is 0.416. The molecule has 1 aromatic rings. The highest BCUT2D eigenvalue weighted by atomic mass is 32.1. The van der Waals surface area contributed by atoms with Crippen LogP contribution in [0.1, 0.15) is 22.8 Å². The molecule has 6 heteroatoms. The Hall–Kier alpha value is -1.95. The molecule has 2 amide bonds. The highest BCUT2D eigenvalue weighted by Gasteiger charge is 2.33. The second-order valence-corrected chi connectivity index (χ2v) is 3.93. The number of rotatable bonds is 2. The molecule has 0 N–H and O–H groups in total. The third kappa shape index (κ3) is 2.33. The molecule has 0 spiro atoms. The van der Waals surface area contributed by atoms with Crippen LogP contribution in [0.25, 0.3) is 0 Å². The molecule has 0 fully saturated rings. The molecule has 0 aromatic heterocycles. The number of carbonyl (C=O) groups is 2. The Morgan fingerprint density at radius 2 is 2.11 bits per heavy atom. The van der Waals surface area contributed by atoms with Gasteiger partial charge < -0.3 is 9.57 Å². The number of ether oxygens (including phenoxy) is 1. The molecule has 0 atom stereocenters. The number of hydrogen-bond donors (Lipinski definition) is 0. The summed E-state index contributed by atoms with van der Waals surface area (Å²) in [6, 6.07) is 6.89. The van der Waals surface area contributed by atoms with Gasteiger partial charge in [-0.25, -0.2) is 0 Å². The van der Waals surface area contributed by atoms with E-state index in [0.29, 0.717) is 22.8 Å². The molecule has 1 aliphatic heterocycles. The van der Waals surface area contributed by atoms with Gasteiger partial charge in [0.05, 0.1) is 13.0 Å². The minimum Gasteiger partial charge on any atom is -0.456 e. The smallest absolute Gasteiger partial charge is 0.378 e. The average Bonchev–Trinajstić information content (AvgIpc) is 2.35. The monoisotopic (exact) mass is 265 g/mol. The van der Waals surface area contributed by atoms with Gasteiger partial charge in [-0.3, -0.25) is 9.59 Å². The summed E-state index contributed by atoms with van der Waals surface area (Å²) in [7, 11) is 0. The van der Waals surface area contributed by atoms with E-state index in [4.69, 9.17) is 21.8 Å². The Balaban J connectivity index is 2.22. The number of hydrogen-bond acceptors (Lipinski definition) is 5. The first-order chi connectivity index (χ1) is 8.63. The van der Waals surface area contributed by atoms with Crippen LogP contribution >= 0.6 is 12.2 Å². The van der Waals surface area contributed by atoms with Crippen LogP contribution in [0.3, 0.4) is 0 Å². The lowest BCUT2D eigenvalue weighted by Gasteiger charge is -2.25. The number of fused-ring (bicyclic) bond motifs is 1. The first-order valence-electron chi connectivity index (χ1n) is 5.43. The van der Waals surface area contributed by atoms with Gasteiger partial charge in [0.25, 0.3) is 11.8 Å². The number of amides is 2. The van der Waals surface area contributed by atoms with E-state index in [1.165, 1.54) is 0 Å². The average molecular weight is 265 g/mol. The van der Waals surface area contributed by atoms with Gasteiger partial charge >= 0.3 is 5.24 Å². The molecule has 1 aromatic carbocycles. The molecule has 0 aliphatic carbocycles. The lowest BCUT2D eigenvalue weighted by atomic mass is 10.00. The fraction of sp³-hybridized carbons (Fsp3) is 0.250. The molecule has 0 saturated carbocycles. The Morgan fingerprint density at radius 3 is 2.83 bits per heavy atom. The molecule has 0 unspecified atom stereocenters. The van der Waals surface area contributed by atoms with Crippen LogP contribution in [-0.4, -0.2) is 28.7 Å². The maximum absolute atomic E-state index is 12.0. The molecule has 5 nitrogen and oxygen atoms in total. The zero-order valence-electron chi connectivity index (χ0n) is 9.71. The van der Waals surface area contributed by atoms with Crippen LogP contribution in [0.2, 0.25) is 0 Å². The van der Waals surface area contributed by atoms with Crippen molar-refractivity contribution in [2.75, 3.05) is 6.61 Å². The summed E-state index contributed by atoms with van der Waals surface area (Å²) < 4.78 is 4.89. The Morgan fingerprint density at radius 1 is 1.39 bits per heavy atom. The summed E-state index contributed by atoms with van der Waals surface area (Å²) in [5.41, 5.74) is 1.13. The van der Waals surface area contributed by atoms with E-state index < -0.39 is 11.8 Å². The van der Waals surface area contributed by atoms with Gasteiger partial charge in [0, 0.05) is 17.8 Å². The molecule has 0 saturated heterocycles. The first-order valence-corrected chi connectivity index (χ1v) is 5.84. The van der Waals surface area contributed by atoms with Crippen molar-refractivity contribution >= 4 is 29.3 Å². The number of nitrogens with zero attached hydrogens (tertiary/aromatic N) is 1. The fourth-order valence-corrected chi connectivity index (χ4v) is 1.84. The van der Waals surface area contributed by atoms with Crippen LogP contribution in [0.15, 0.2) is 24.3 Å². The minimum absolute atomic E-state index is 0.108. The molecule has 1 aliphatic rings. The molecule has 94 valence electrons. The van der Waals surface area contributed by atoms with E-state index in [-0.39, 0.29) is 11.7 Å². The van der Waals surface area contributed by atoms with Gasteiger partial charge in [-0.2, -0.15) is 0 Å². The van der Waals surface area contributed by atoms with Crippen molar-refractivity contribution < 1.29 is 19.2 Å². The third-order valence-corrected chi connectivity index (χ3v) is 2.62. The van der Waals surface area contributed by atoms with Crippen LogP contribution in [0.4, 0.5) is 0 Å². The lowest BCUT2D eigenvalue weighted by Crippen LogP contribution is -2.43. The van der Waals surface area contributed by atoms with E-state index in [2.05, 4.69) is 0 Å². The maximum Gasteiger partial charge on any atom is 0.378 e. The van der Waals surface area contributed by atoms with Crippen LogP contribution in [0.5, 0.6) is 0 Å². The van der Waals surface area contributed by atoms with Crippen molar-refractivity contribution in [1.29, 1.82) is 0 Å². The molecule has 1 heterocycles. The van der Waals surface area contributed by atoms with E-state index in [1.54, 1.807) is 31.2 Å². The molecule has 0 radical (unpaired) electrons. The van der Waals surface area contributed by atoms with Crippen LogP contribution in [-0.2, 0) is 20.8 Å². The molecule has 2 rings (SSSR count). The standard InChI is InChI=1S/C12H11NO4S/c1-2-16-12(18)17-13-10(14)7-8-5-3-4-6-9(8)11(13)15/h3-6H,2,7H2,1H3. The zero-order chi connectivity index (χ0) is 13.1. The highest BCUT2D eigenvalue weighted by Crippen LogP contribution is 2.20. The SMILES string of the molecule is CCOC(=S)ON1C(=O)Cc2ccccc2C1=O. The topological polar surface area (TPSA) is 55.8 Å². The molecule has 0 bridgehead atoms. The van der Waals surface area contributed by atoms with Crippen molar-refractivity contribution in [1.82, 2.24) is 5.06 Å². The Bertz CT molecular complexity index is 515.